The Morgan fingerprint density at radius 3 is 2.18 bits per heavy atom. The van der Waals surface area contributed by atoms with Gasteiger partial charge in [0.05, 0.1) is 5.52 Å². The van der Waals surface area contributed by atoms with Gasteiger partial charge in [-0.15, -0.1) is 6.58 Å². The molecule has 3 heteroatoms. The van der Waals surface area contributed by atoms with E-state index >= 15 is 0 Å². The molecule has 3 nitrogen and oxygen atoms in total. The van der Waals surface area contributed by atoms with Gasteiger partial charge in [-0.2, -0.15) is 0 Å². The van der Waals surface area contributed by atoms with E-state index in [1.54, 1.807) is 11.6 Å². The van der Waals surface area contributed by atoms with Crippen LogP contribution < -0.4 is 9.80 Å². The lowest BCUT2D eigenvalue weighted by Gasteiger charge is -2.35. The topological polar surface area (TPSA) is 11.4 Å². The number of rotatable bonds is 6. The third kappa shape index (κ3) is 7.88. The minimum Gasteiger partial charge on any atom is -0.337 e. The van der Waals surface area contributed by atoms with E-state index in [1.165, 1.54) is 119 Å². The van der Waals surface area contributed by atoms with Gasteiger partial charge in [0.15, 0.2) is 0 Å². The molecule has 0 radical (unpaired) electrons. The van der Waals surface area contributed by atoms with Gasteiger partial charge >= 0.3 is 0 Å². The largest absolute Gasteiger partial charge is 0.337 e. The molecule has 0 spiro atoms. The van der Waals surface area contributed by atoms with Crippen LogP contribution >= 0.6 is 0 Å². The summed E-state index contributed by atoms with van der Waals surface area (Å²) in [4.78, 5) is 5.08. The van der Waals surface area contributed by atoms with Gasteiger partial charge in [-0.25, -0.2) is 0 Å². The smallest absolute Gasteiger partial charge is 0.0534 e. The molecule has 264 valence electrons. The highest BCUT2D eigenvalue weighted by Crippen LogP contribution is 2.43. The van der Waals surface area contributed by atoms with Gasteiger partial charge in [-0.3, -0.25) is 0 Å². The molecule has 0 N–H and O–H groups in total. The molecule has 3 aromatic carbocycles. The van der Waals surface area contributed by atoms with Crippen LogP contribution in [0.2, 0.25) is 0 Å². The Morgan fingerprint density at radius 1 is 0.760 bits per heavy atom. The molecule has 50 heavy (non-hydrogen) atoms. The summed E-state index contributed by atoms with van der Waals surface area (Å²) in [5.41, 5.74) is 16.7. The first-order valence-electron chi connectivity index (χ1n) is 19.4. The zero-order valence-corrected chi connectivity index (χ0v) is 32.1. The quantitative estimate of drug-likeness (QED) is 0.150. The number of hydrogen-bond acceptors (Lipinski definition) is 2. The predicted molar refractivity (Wildman–Crippen MR) is 221 cm³/mol. The lowest BCUT2D eigenvalue weighted by Crippen LogP contribution is -2.25. The standard InChI is InChI=1S/C41H47N3.C3H8.C3H6/c1-5-6-24-42(38-20-13-10-16-29(38)2)32-25-33(43-28-30(3)31(4)35-17-11-14-21-39(35)43)27-34(26-32)44-40-22-9-7-8-18-36(40)37-19-12-15-23-41(37)44;2*1-3-2/h6,11-12,14-15,17,19,21,23-27H,5,7-10,13,16,18,20,22,28H2,1-4H3;3H2,1-2H3;3H,1H2,2H3/b24-6+;;. The van der Waals surface area contributed by atoms with Crippen molar-refractivity contribution >= 4 is 33.5 Å². The lowest BCUT2D eigenvalue weighted by molar-refractivity contribution is 0.661. The Bertz CT molecular complexity index is 1860. The number of fused-ring (bicyclic) bond motifs is 4. The van der Waals surface area contributed by atoms with Crippen LogP contribution in [-0.4, -0.2) is 11.1 Å². The van der Waals surface area contributed by atoms with Crippen LogP contribution in [0.15, 0.2) is 109 Å². The molecule has 0 amide bonds. The SMILES string of the molecule is C=CC.CC/C=C/N(C1=C(C)CCCC1)c1cc(N2CC(C)=C(C)c3ccccc32)cc(-n2c3c(c4ccccc42)CCCCC3)c1.CCC. The Balaban J connectivity index is 0.000000758. The van der Waals surface area contributed by atoms with Crippen molar-refractivity contribution in [2.24, 2.45) is 0 Å². The Hall–Kier alpha value is -4.24. The average molecular weight is 668 g/mol. The first kappa shape index (κ1) is 37.0. The lowest BCUT2D eigenvalue weighted by atomic mass is 9.94. The molecule has 0 unspecified atom stereocenters. The summed E-state index contributed by atoms with van der Waals surface area (Å²) in [7, 11) is 0. The van der Waals surface area contributed by atoms with E-state index in [-0.39, 0.29) is 0 Å². The second kappa shape index (κ2) is 17.6. The van der Waals surface area contributed by atoms with E-state index in [9.17, 15) is 0 Å². The molecule has 0 saturated carbocycles. The minimum atomic E-state index is 0.906. The third-order valence-electron chi connectivity index (χ3n) is 10.3. The van der Waals surface area contributed by atoms with Crippen molar-refractivity contribution in [3.63, 3.8) is 0 Å². The molecular weight excluding hydrogens is 607 g/mol. The minimum absolute atomic E-state index is 0.906. The van der Waals surface area contributed by atoms with Gasteiger partial charge in [0.2, 0.25) is 0 Å². The van der Waals surface area contributed by atoms with E-state index < -0.39 is 0 Å². The Labute approximate surface area is 303 Å². The van der Waals surface area contributed by atoms with Crippen LogP contribution in [-0.2, 0) is 12.8 Å². The maximum absolute atomic E-state index is 3.36. The summed E-state index contributed by atoms with van der Waals surface area (Å²) in [6.45, 7) is 19.6. The van der Waals surface area contributed by atoms with E-state index in [1.807, 2.05) is 6.92 Å². The first-order valence-corrected chi connectivity index (χ1v) is 19.4. The second-order valence-corrected chi connectivity index (χ2v) is 14.3. The van der Waals surface area contributed by atoms with Gasteiger partial charge in [-0.05, 0) is 127 Å². The molecule has 0 bridgehead atoms. The normalized spacial score (nSPS) is 15.9. The zero-order chi connectivity index (χ0) is 35.6. The van der Waals surface area contributed by atoms with Crippen LogP contribution in [0.3, 0.4) is 0 Å². The maximum Gasteiger partial charge on any atom is 0.0534 e. The maximum atomic E-state index is 3.36. The van der Waals surface area contributed by atoms with Gasteiger partial charge in [0.1, 0.15) is 0 Å². The summed E-state index contributed by atoms with van der Waals surface area (Å²) in [6, 6.07) is 25.5. The van der Waals surface area contributed by atoms with Gasteiger partial charge in [-0.1, -0.05) is 93.3 Å². The summed E-state index contributed by atoms with van der Waals surface area (Å²) in [5, 5.41) is 1.43. The fourth-order valence-corrected chi connectivity index (χ4v) is 7.81. The van der Waals surface area contributed by atoms with Crippen LogP contribution in [0.5, 0.6) is 0 Å². The molecule has 1 aliphatic heterocycles. The van der Waals surface area contributed by atoms with Crippen molar-refractivity contribution in [1.29, 1.82) is 0 Å². The van der Waals surface area contributed by atoms with Crippen LogP contribution in [0.25, 0.3) is 22.2 Å². The summed E-state index contributed by atoms with van der Waals surface area (Å²) in [5.74, 6) is 0. The number of hydrogen-bond donors (Lipinski definition) is 0. The number of anilines is 3. The molecule has 4 aromatic rings. The van der Waals surface area contributed by atoms with Crippen molar-refractivity contribution in [2.45, 2.75) is 119 Å². The summed E-state index contributed by atoms with van der Waals surface area (Å²) < 4.78 is 2.62. The number of benzene rings is 3. The predicted octanol–water partition coefficient (Wildman–Crippen LogP) is 14.0. The van der Waals surface area contributed by atoms with Crippen molar-refractivity contribution in [1.82, 2.24) is 4.57 Å². The number of allylic oxidation sites excluding steroid dienone is 5. The number of aryl methyl sites for hydroxylation is 1. The number of nitrogens with zero attached hydrogens (tertiary/aromatic N) is 3. The molecular formula is C47H61N3. The van der Waals surface area contributed by atoms with Crippen molar-refractivity contribution < 1.29 is 0 Å². The number of aromatic nitrogens is 1. The highest BCUT2D eigenvalue weighted by Gasteiger charge is 2.26. The molecule has 0 fully saturated rings. The molecule has 1 aromatic heterocycles. The molecule has 0 atom stereocenters. The molecule has 2 aliphatic carbocycles. The van der Waals surface area contributed by atoms with E-state index in [0.29, 0.717) is 0 Å². The van der Waals surface area contributed by atoms with Crippen molar-refractivity contribution in [3.05, 3.63) is 125 Å². The summed E-state index contributed by atoms with van der Waals surface area (Å²) >= 11 is 0. The van der Waals surface area contributed by atoms with E-state index in [0.717, 1.165) is 25.8 Å². The average Bonchev–Trinajstić information content (AvgIpc) is 3.24. The van der Waals surface area contributed by atoms with Gasteiger partial charge < -0.3 is 14.4 Å². The monoisotopic (exact) mass is 667 g/mol. The highest BCUT2D eigenvalue weighted by molar-refractivity contribution is 5.90. The molecule has 7 rings (SSSR count). The Morgan fingerprint density at radius 2 is 1.42 bits per heavy atom. The summed E-state index contributed by atoms with van der Waals surface area (Å²) in [6.07, 6.45) is 19.7. The van der Waals surface area contributed by atoms with Crippen LogP contribution in [0, 0.1) is 0 Å². The van der Waals surface area contributed by atoms with E-state index in [4.69, 9.17) is 0 Å². The zero-order valence-electron chi connectivity index (χ0n) is 32.1. The van der Waals surface area contributed by atoms with Crippen molar-refractivity contribution in [2.75, 3.05) is 16.3 Å². The van der Waals surface area contributed by atoms with Crippen LogP contribution in [0.4, 0.5) is 17.1 Å². The highest BCUT2D eigenvalue weighted by atomic mass is 15.2. The third-order valence-corrected chi connectivity index (χ3v) is 10.3. The Kier molecular flexibility index (Phi) is 13.0. The molecule has 2 heterocycles. The second-order valence-electron chi connectivity index (χ2n) is 14.3. The molecule has 3 aliphatic rings. The molecule has 0 saturated heterocycles. The van der Waals surface area contributed by atoms with Crippen molar-refractivity contribution in [3.8, 4) is 5.69 Å². The first-order chi connectivity index (χ1) is 24.4. The van der Waals surface area contributed by atoms with Gasteiger partial charge in [0.25, 0.3) is 0 Å². The fraction of sp³-hybridized carbons (Fsp3) is 0.404. The fourth-order valence-electron chi connectivity index (χ4n) is 7.81. The van der Waals surface area contributed by atoms with Crippen LogP contribution in [0.1, 0.15) is 123 Å². The van der Waals surface area contributed by atoms with E-state index in [2.05, 4.69) is 141 Å². The number of para-hydroxylation sites is 2. The van der Waals surface area contributed by atoms with Gasteiger partial charge in [0, 0.05) is 57.8 Å².